The maximum absolute atomic E-state index is 14.6. The molecule has 2 aromatic carbocycles. The molecular weight excluding hydrogens is 435 g/mol. The summed E-state index contributed by atoms with van der Waals surface area (Å²) in [7, 11) is 5.21. The molecule has 9 heteroatoms. The first-order valence-corrected chi connectivity index (χ1v) is 10.6. The fraction of sp³-hybridized carbons (Fsp3) is 0.160. The molecule has 0 saturated carbocycles. The van der Waals surface area contributed by atoms with Crippen molar-refractivity contribution in [3.8, 4) is 17.0 Å². The lowest BCUT2D eigenvalue weighted by molar-refractivity contribution is -0.111. The predicted octanol–water partition coefficient (Wildman–Crippen LogP) is 5.31. The van der Waals surface area contributed by atoms with Gasteiger partial charge in [-0.15, -0.1) is 0 Å². The minimum Gasteiger partial charge on any atom is -0.494 e. The van der Waals surface area contributed by atoms with Gasteiger partial charge in [-0.25, -0.2) is 14.4 Å². The van der Waals surface area contributed by atoms with Gasteiger partial charge in [-0.2, -0.15) is 0 Å². The normalized spacial score (nSPS) is 11.3. The number of methoxy groups -OCH3 is 1. The molecule has 0 radical (unpaired) electrons. The minimum absolute atomic E-state index is 0. The largest absolute Gasteiger partial charge is 0.494 e. The van der Waals surface area contributed by atoms with E-state index in [9.17, 15) is 9.18 Å². The summed E-state index contributed by atoms with van der Waals surface area (Å²) in [5.74, 6) is -0.504. The Bertz CT molecular complexity index is 1360. The van der Waals surface area contributed by atoms with E-state index in [1.165, 1.54) is 25.3 Å². The molecule has 3 N–H and O–H groups in total. The molecule has 0 atom stereocenters. The molecule has 0 unspecified atom stereocenters. The fourth-order valence-corrected chi connectivity index (χ4v) is 3.44. The van der Waals surface area contributed by atoms with Gasteiger partial charge in [0.15, 0.2) is 5.82 Å². The standard InChI is InChI=1S/C25H25FN6O2.3H2/c1-32(2)12-6-9-24(33)29-21-14-22(23(34-3)13-18(21)26)31-25-27-11-10-20(30-25)17-15-28-19-8-5-4-7-16(17)19;;;/h4-11,13-15,28H,12H2,1-3H3,(H,29,33)(H,27,30,31);3*1H/b9-6+;;;. The first kappa shape index (κ1) is 22.9. The van der Waals surface area contributed by atoms with Gasteiger partial charge in [0.2, 0.25) is 11.9 Å². The predicted molar refractivity (Wildman–Crippen MR) is 138 cm³/mol. The molecule has 4 rings (SSSR count). The minimum atomic E-state index is -0.620. The number of likely N-dealkylation sites (N-methyl/N-ethyl adjacent to an activating group) is 1. The maximum Gasteiger partial charge on any atom is 0.248 e. The molecule has 180 valence electrons. The highest BCUT2D eigenvalue weighted by Crippen LogP contribution is 2.33. The third-order valence-electron chi connectivity index (χ3n) is 5.05. The van der Waals surface area contributed by atoms with Crippen molar-refractivity contribution in [3.63, 3.8) is 0 Å². The van der Waals surface area contributed by atoms with Crippen LogP contribution in [0.5, 0.6) is 5.75 Å². The monoisotopic (exact) mass is 466 g/mol. The van der Waals surface area contributed by atoms with Crippen molar-refractivity contribution in [2.75, 3.05) is 38.4 Å². The van der Waals surface area contributed by atoms with Crippen LogP contribution in [0.4, 0.5) is 21.7 Å². The number of anilines is 3. The van der Waals surface area contributed by atoms with E-state index in [4.69, 9.17) is 4.74 Å². The van der Waals surface area contributed by atoms with Crippen LogP contribution in [0.3, 0.4) is 0 Å². The summed E-state index contributed by atoms with van der Waals surface area (Å²) in [5.41, 5.74) is 3.08. The van der Waals surface area contributed by atoms with Gasteiger partial charge in [0.25, 0.3) is 0 Å². The smallest absolute Gasteiger partial charge is 0.248 e. The van der Waals surface area contributed by atoms with E-state index in [-0.39, 0.29) is 15.7 Å². The van der Waals surface area contributed by atoms with Gasteiger partial charge in [-0.05, 0) is 32.3 Å². The maximum atomic E-state index is 14.6. The molecule has 8 nitrogen and oxygen atoms in total. The van der Waals surface area contributed by atoms with Gasteiger partial charge in [0.05, 0.1) is 24.2 Å². The van der Waals surface area contributed by atoms with Crippen molar-refractivity contribution in [3.05, 3.63) is 72.8 Å². The number of aromatic amines is 1. The van der Waals surface area contributed by atoms with E-state index in [1.807, 2.05) is 55.5 Å². The molecule has 2 heterocycles. The van der Waals surface area contributed by atoms with Crippen molar-refractivity contribution in [2.24, 2.45) is 0 Å². The number of aromatic nitrogens is 3. The number of amides is 1. The summed E-state index contributed by atoms with van der Waals surface area (Å²) in [4.78, 5) is 26.2. The Morgan fingerprint density at radius 1 is 1.24 bits per heavy atom. The van der Waals surface area contributed by atoms with Crippen molar-refractivity contribution >= 4 is 34.1 Å². The summed E-state index contributed by atoms with van der Waals surface area (Å²) < 4.78 is 19.9. The summed E-state index contributed by atoms with van der Waals surface area (Å²) in [5, 5.41) is 6.67. The van der Waals surface area contributed by atoms with Crippen LogP contribution in [0.2, 0.25) is 0 Å². The van der Waals surface area contributed by atoms with Crippen molar-refractivity contribution < 1.29 is 18.2 Å². The number of rotatable bonds is 8. The number of halogens is 1. The van der Waals surface area contributed by atoms with E-state index < -0.39 is 11.7 Å². The number of carbonyl (C=O) groups is 1. The van der Waals surface area contributed by atoms with Gasteiger partial charge in [0, 0.05) is 51.8 Å². The number of benzene rings is 2. The first-order valence-electron chi connectivity index (χ1n) is 10.6. The Morgan fingerprint density at radius 2 is 2.06 bits per heavy atom. The highest BCUT2D eigenvalue weighted by Gasteiger charge is 2.14. The number of carbonyl (C=O) groups excluding carboxylic acids is 1. The lowest BCUT2D eigenvalue weighted by Crippen LogP contribution is -2.13. The van der Waals surface area contributed by atoms with E-state index in [1.54, 1.807) is 12.3 Å². The number of nitrogens with zero attached hydrogens (tertiary/aromatic N) is 3. The first-order chi connectivity index (χ1) is 16.4. The summed E-state index contributed by atoms with van der Waals surface area (Å²) >= 11 is 0. The number of ether oxygens (including phenoxy) is 1. The second kappa shape index (κ2) is 10.1. The van der Waals surface area contributed by atoms with Gasteiger partial charge in [-0.1, -0.05) is 24.3 Å². The average Bonchev–Trinajstić information content (AvgIpc) is 3.25. The van der Waals surface area contributed by atoms with Gasteiger partial charge in [0.1, 0.15) is 5.75 Å². The molecule has 2 aromatic heterocycles. The van der Waals surface area contributed by atoms with Crippen LogP contribution in [0.25, 0.3) is 22.2 Å². The van der Waals surface area contributed by atoms with Crippen LogP contribution >= 0.6 is 0 Å². The molecule has 34 heavy (non-hydrogen) atoms. The van der Waals surface area contributed by atoms with Crippen LogP contribution in [0, 0.1) is 5.82 Å². The summed E-state index contributed by atoms with van der Waals surface area (Å²) in [6, 6.07) is 12.4. The molecule has 0 saturated heterocycles. The SMILES string of the molecule is COc1cc(F)c(NC(=O)/C=C/CN(C)C)cc1Nc1nccc(-c2c[nH]c3ccccc23)n1.[HH].[HH].[HH]. The third kappa shape index (κ3) is 5.21. The highest BCUT2D eigenvalue weighted by atomic mass is 19.1. The Balaban J connectivity index is 0.00000228. The van der Waals surface area contributed by atoms with Gasteiger partial charge >= 0.3 is 0 Å². The molecule has 0 aliphatic carbocycles. The second-order valence-electron chi connectivity index (χ2n) is 7.82. The molecule has 0 fully saturated rings. The molecular formula is C25H31FN6O2. The van der Waals surface area contributed by atoms with Crippen LogP contribution in [0.1, 0.15) is 4.28 Å². The van der Waals surface area contributed by atoms with E-state index >= 15 is 0 Å². The second-order valence-corrected chi connectivity index (χ2v) is 7.82. The number of nitrogens with one attached hydrogen (secondary N) is 3. The lowest BCUT2D eigenvalue weighted by Gasteiger charge is -2.14. The van der Waals surface area contributed by atoms with Crippen molar-refractivity contribution in [1.29, 1.82) is 0 Å². The Hall–Kier alpha value is -4.24. The fourth-order valence-electron chi connectivity index (χ4n) is 3.44. The third-order valence-corrected chi connectivity index (χ3v) is 5.05. The molecule has 1 amide bonds. The molecule has 0 bridgehead atoms. The Kier molecular flexibility index (Phi) is 6.84. The van der Waals surface area contributed by atoms with Crippen molar-refractivity contribution in [1.82, 2.24) is 19.9 Å². The average molecular weight is 467 g/mol. The number of fused-ring (bicyclic) bond motifs is 1. The molecule has 0 aliphatic rings. The van der Waals surface area contributed by atoms with Crippen LogP contribution in [-0.2, 0) is 4.79 Å². The number of hydrogen-bond donors (Lipinski definition) is 3. The van der Waals surface area contributed by atoms with Crippen LogP contribution in [-0.4, -0.2) is 53.5 Å². The quantitative estimate of drug-likeness (QED) is 0.305. The van der Waals surface area contributed by atoms with E-state index in [2.05, 4.69) is 25.6 Å². The van der Waals surface area contributed by atoms with Crippen LogP contribution in [0.15, 0.2) is 67.0 Å². The van der Waals surface area contributed by atoms with Crippen LogP contribution < -0.4 is 15.4 Å². The zero-order valence-electron chi connectivity index (χ0n) is 19.1. The zero-order chi connectivity index (χ0) is 24.1. The number of para-hydroxylation sites is 1. The lowest BCUT2D eigenvalue weighted by atomic mass is 10.1. The topological polar surface area (TPSA) is 95.2 Å². The summed E-state index contributed by atoms with van der Waals surface area (Å²) in [6.45, 7) is 0.593. The van der Waals surface area contributed by atoms with Crippen molar-refractivity contribution in [2.45, 2.75) is 0 Å². The summed E-state index contributed by atoms with van der Waals surface area (Å²) in [6.07, 6.45) is 6.60. The van der Waals surface area contributed by atoms with E-state index in [0.29, 0.717) is 18.2 Å². The molecule has 0 aliphatic heterocycles. The molecule has 4 aromatic rings. The van der Waals surface area contributed by atoms with Gasteiger partial charge in [-0.3, -0.25) is 4.79 Å². The highest BCUT2D eigenvalue weighted by molar-refractivity contribution is 6.00. The Morgan fingerprint density at radius 3 is 2.85 bits per heavy atom. The molecule has 0 spiro atoms. The zero-order valence-corrected chi connectivity index (χ0v) is 19.1. The number of H-pyrrole nitrogens is 1. The van der Waals surface area contributed by atoms with E-state index in [0.717, 1.165) is 22.2 Å². The Labute approximate surface area is 200 Å². The number of hydrogen-bond acceptors (Lipinski definition) is 6. The van der Waals surface area contributed by atoms with Gasteiger partial charge < -0.3 is 25.3 Å².